The Labute approximate surface area is 133 Å². The summed E-state index contributed by atoms with van der Waals surface area (Å²) in [5.41, 5.74) is -1.34. The van der Waals surface area contributed by atoms with E-state index < -0.39 is 23.5 Å². The van der Waals surface area contributed by atoms with Gasteiger partial charge in [0.05, 0.1) is 5.02 Å². The number of hydrogen-bond donors (Lipinski definition) is 1. The van der Waals surface area contributed by atoms with Gasteiger partial charge in [-0.2, -0.15) is 0 Å². The maximum Gasteiger partial charge on any atom is 0.329 e. The third-order valence-electron chi connectivity index (χ3n) is 3.26. The van der Waals surface area contributed by atoms with Gasteiger partial charge in [-0.1, -0.05) is 29.3 Å². The number of ether oxygens (including phenoxy) is 1. The smallest absolute Gasteiger partial charge is 0.329 e. The van der Waals surface area contributed by atoms with Crippen molar-refractivity contribution in [2.45, 2.75) is 32.4 Å². The molecule has 21 heavy (non-hydrogen) atoms. The molecule has 7 heteroatoms. The van der Waals surface area contributed by atoms with Gasteiger partial charge in [-0.3, -0.25) is 4.79 Å². The lowest BCUT2D eigenvalue weighted by molar-refractivity contribution is -0.157. The van der Waals surface area contributed by atoms with Crippen LogP contribution < -0.4 is 4.74 Å². The maximum atomic E-state index is 12.3. The largest absolute Gasteiger partial charge is 0.480 e. The molecule has 0 saturated heterocycles. The van der Waals surface area contributed by atoms with E-state index in [1.165, 1.54) is 27.8 Å². The molecule has 1 aromatic carbocycles. The number of likely N-dealkylation sites (N-methyl/N-ethyl adjacent to an activating group) is 1. The van der Waals surface area contributed by atoms with Crippen molar-refractivity contribution in [3.8, 4) is 5.75 Å². The minimum Gasteiger partial charge on any atom is -0.480 e. The van der Waals surface area contributed by atoms with Crippen molar-refractivity contribution in [2.24, 2.45) is 0 Å². The predicted molar refractivity (Wildman–Crippen MR) is 81.0 cm³/mol. The SMILES string of the molecule is CC(Oc1cccc(Cl)c1Cl)C(=O)N(C)C(C)(C)C(=O)O. The number of halogens is 2. The fourth-order valence-electron chi connectivity index (χ4n) is 1.51. The number of hydrogen-bond acceptors (Lipinski definition) is 3. The Morgan fingerprint density at radius 1 is 1.33 bits per heavy atom. The van der Waals surface area contributed by atoms with Gasteiger partial charge < -0.3 is 14.7 Å². The van der Waals surface area contributed by atoms with Gasteiger partial charge in [0.2, 0.25) is 0 Å². The summed E-state index contributed by atoms with van der Waals surface area (Å²) in [6, 6.07) is 4.83. The number of carboxylic acids is 1. The van der Waals surface area contributed by atoms with Crippen molar-refractivity contribution < 1.29 is 19.4 Å². The van der Waals surface area contributed by atoms with Gasteiger partial charge in [0.1, 0.15) is 16.3 Å². The molecule has 0 fully saturated rings. The quantitative estimate of drug-likeness (QED) is 0.899. The van der Waals surface area contributed by atoms with Crippen molar-refractivity contribution in [3.05, 3.63) is 28.2 Å². The third-order valence-corrected chi connectivity index (χ3v) is 4.06. The highest BCUT2D eigenvalue weighted by Gasteiger charge is 2.37. The number of nitrogens with zero attached hydrogens (tertiary/aromatic N) is 1. The van der Waals surface area contributed by atoms with E-state index in [-0.39, 0.29) is 10.8 Å². The molecule has 1 rings (SSSR count). The van der Waals surface area contributed by atoms with Gasteiger partial charge in [-0.05, 0) is 32.9 Å². The van der Waals surface area contributed by atoms with Crippen LogP contribution in [0.25, 0.3) is 0 Å². The molecular weight excluding hydrogens is 317 g/mol. The zero-order chi connectivity index (χ0) is 16.4. The molecule has 1 aromatic rings. The standard InChI is InChI=1S/C14H17Cl2NO4/c1-8(12(18)17(4)14(2,3)13(19)20)21-10-7-5-6-9(15)11(10)16/h5-8H,1-4H3,(H,19,20). The Morgan fingerprint density at radius 3 is 2.43 bits per heavy atom. The van der Waals surface area contributed by atoms with E-state index in [9.17, 15) is 9.59 Å². The number of carbonyl (C=O) groups excluding carboxylic acids is 1. The highest BCUT2D eigenvalue weighted by molar-refractivity contribution is 6.42. The topological polar surface area (TPSA) is 66.8 Å². The van der Waals surface area contributed by atoms with Gasteiger partial charge in [-0.25, -0.2) is 4.79 Å². The van der Waals surface area contributed by atoms with Crippen molar-refractivity contribution in [2.75, 3.05) is 7.05 Å². The second-order valence-corrected chi connectivity index (χ2v) is 5.86. The van der Waals surface area contributed by atoms with E-state index in [0.29, 0.717) is 5.02 Å². The summed E-state index contributed by atoms with van der Waals surface area (Å²) in [5.74, 6) is -1.31. The van der Waals surface area contributed by atoms with Crippen LogP contribution in [0.3, 0.4) is 0 Å². The average molecular weight is 334 g/mol. The molecule has 1 unspecified atom stereocenters. The molecule has 1 atom stereocenters. The molecule has 1 amide bonds. The van der Waals surface area contributed by atoms with E-state index in [1.54, 1.807) is 18.2 Å². The van der Waals surface area contributed by atoms with E-state index in [0.717, 1.165) is 4.90 Å². The van der Waals surface area contributed by atoms with Gasteiger partial charge in [0, 0.05) is 7.05 Å². The van der Waals surface area contributed by atoms with Crippen LogP contribution in [0.5, 0.6) is 5.75 Å². The minimum atomic E-state index is -1.34. The molecule has 1 N–H and O–H groups in total. The third kappa shape index (κ3) is 3.80. The van der Waals surface area contributed by atoms with E-state index in [2.05, 4.69) is 0 Å². The van der Waals surface area contributed by atoms with Crippen LogP contribution in [0.15, 0.2) is 18.2 Å². The number of benzene rings is 1. The Bertz CT molecular complexity index is 560. The van der Waals surface area contributed by atoms with Crippen molar-refractivity contribution in [1.82, 2.24) is 4.90 Å². The molecule has 0 aromatic heterocycles. The van der Waals surface area contributed by atoms with E-state index >= 15 is 0 Å². The fraction of sp³-hybridized carbons (Fsp3) is 0.429. The molecule has 0 aliphatic rings. The first-order valence-electron chi connectivity index (χ1n) is 6.20. The Kier molecular flexibility index (Phi) is 5.48. The number of carbonyl (C=O) groups is 2. The van der Waals surface area contributed by atoms with E-state index in [4.69, 9.17) is 33.0 Å². The monoisotopic (exact) mass is 333 g/mol. The van der Waals surface area contributed by atoms with Crippen LogP contribution in [0, 0.1) is 0 Å². The highest BCUT2D eigenvalue weighted by atomic mass is 35.5. The van der Waals surface area contributed by atoms with Crippen LogP contribution in [-0.4, -0.2) is 40.6 Å². The number of rotatable bonds is 5. The number of aliphatic carboxylic acids is 1. The summed E-state index contributed by atoms with van der Waals surface area (Å²) >= 11 is 11.9. The summed E-state index contributed by atoms with van der Waals surface area (Å²) in [5, 5.41) is 9.66. The predicted octanol–water partition coefficient (Wildman–Crippen LogP) is 3.08. The van der Waals surface area contributed by atoms with Gasteiger partial charge in [-0.15, -0.1) is 0 Å². The second-order valence-electron chi connectivity index (χ2n) is 5.07. The highest BCUT2D eigenvalue weighted by Crippen LogP contribution is 2.32. The van der Waals surface area contributed by atoms with Gasteiger partial charge >= 0.3 is 5.97 Å². The molecule has 0 heterocycles. The average Bonchev–Trinajstić information content (AvgIpc) is 2.41. The first kappa shape index (κ1) is 17.6. The minimum absolute atomic E-state index is 0.207. The van der Waals surface area contributed by atoms with Crippen LogP contribution in [0.1, 0.15) is 20.8 Å². The Hall–Kier alpha value is -1.46. The first-order chi connectivity index (χ1) is 9.59. The first-order valence-corrected chi connectivity index (χ1v) is 6.96. The molecule has 0 spiro atoms. The second kappa shape index (κ2) is 6.54. The van der Waals surface area contributed by atoms with Gasteiger partial charge in [0.25, 0.3) is 5.91 Å². The number of amides is 1. The summed E-state index contributed by atoms with van der Waals surface area (Å²) in [4.78, 5) is 24.6. The van der Waals surface area contributed by atoms with Crippen LogP contribution >= 0.6 is 23.2 Å². The summed E-state index contributed by atoms with van der Waals surface area (Å²) in [7, 11) is 1.41. The Balaban J connectivity index is 2.89. The van der Waals surface area contributed by atoms with Crippen LogP contribution in [0.2, 0.25) is 10.0 Å². The molecule has 0 bridgehead atoms. The zero-order valence-corrected chi connectivity index (χ0v) is 13.7. The fourth-order valence-corrected chi connectivity index (χ4v) is 1.84. The maximum absolute atomic E-state index is 12.3. The zero-order valence-electron chi connectivity index (χ0n) is 12.2. The summed E-state index contributed by atoms with van der Waals surface area (Å²) in [6.07, 6.45) is -0.899. The van der Waals surface area contributed by atoms with Crippen molar-refractivity contribution in [1.29, 1.82) is 0 Å². The van der Waals surface area contributed by atoms with Crippen molar-refractivity contribution >= 4 is 35.1 Å². The van der Waals surface area contributed by atoms with Crippen molar-refractivity contribution in [3.63, 3.8) is 0 Å². The number of carboxylic acid groups (broad SMARTS) is 1. The summed E-state index contributed by atoms with van der Waals surface area (Å²) < 4.78 is 5.48. The Morgan fingerprint density at radius 2 is 1.90 bits per heavy atom. The molecule has 0 aliphatic carbocycles. The molecule has 0 radical (unpaired) electrons. The lowest BCUT2D eigenvalue weighted by Gasteiger charge is -2.33. The van der Waals surface area contributed by atoms with Crippen LogP contribution in [-0.2, 0) is 9.59 Å². The van der Waals surface area contributed by atoms with E-state index in [1.807, 2.05) is 0 Å². The molecule has 0 saturated carbocycles. The normalized spacial score (nSPS) is 12.7. The van der Waals surface area contributed by atoms with Crippen LogP contribution in [0.4, 0.5) is 0 Å². The molecule has 5 nitrogen and oxygen atoms in total. The molecular formula is C14H17Cl2NO4. The molecule has 0 aliphatic heterocycles. The summed E-state index contributed by atoms with van der Waals surface area (Å²) in [6.45, 7) is 4.40. The lowest BCUT2D eigenvalue weighted by atomic mass is 10.0. The van der Waals surface area contributed by atoms with Gasteiger partial charge in [0.15, 0.2) is 6.10 Å². The lowest BCUT2D eigenvalue weighted by Crippen LogP contribution is -2.54. The molecule has 116 valence electrons.